The van der Waals surface area contributed by atoms with Gasteiger partial charge in [-0.05, 0) is 48.2 Å². The van der Waals surface area contributed by atoms with E-state index < -0.39 is 0 Å². The number of halogens is 1. The molecule has 0 N–H and O–H groups in total. The quantitative estimate of drug-likeness (QED) is 0.539. The van der Waals surface area contributed by atoms with E-state index in [0.717, 1.165) is 42.6 Å². The molecular weight excluding hydrogens is 449 g/mol. The number of hydrogen-bond acceptors (Lipinski definition) is 5. The van der Waals surface area contributed by atoms with Crippen LogP contribution in [0.3, 0.4) is 0 Å². The van der Waals surface area contributed by atoms with Crippen LogP contribution in [0.4, 0.5) is 4.39 Å². The fourth-order valence-corrected chi connectivity index (χ4v) is 4.78. The molecule has 8 heteroatoms. The molecule has 2 aliphatic rings. The van der Waals surface area contributed by atoms with Crippen LogP contribution in [0.15, 0.2) is 53.6 Å². The monoisotopic (exact) mass is 481 g/mol. The third-order valence-electron chi connectivity index (χ3n) is 6.75. The number of ether oxygens (including phenoxy) is 2. The SMILES string of the molecule is COCCN(CC(=O)N1N=C(c2ccc(F)cc2)C[C@H]1c1ccc(OC)cc1)C(=O)C1CCCC1. The highest BCUT2D eigenvalue weighted by Crippen LogP contribution is 2.34. The third-order valence-corrected chi connectivity index (χ3v) is 6.75. The van der Waals surface area contributed by atoms with Gasteiger partial charge in [-0.15, -0.1) is 0 Å². The van der Waals surface area contributed by atoms with Crippen LogP contribution in [-0.2, 0) is 14.3 Å². The van der Waals surface area contributed by atoms with Gasteiger partial charge in [0.2, 0.25) is 5.91 Å². The van der Waals surface area contributed by atoms with Crippen LogP contribution in [-0.4, -0.2) is 61.4 Å². The summed E-state index contributed by atoms with van der Waals surface area (Å²) in [6.07, 6.45) is 4.29. The normalized spacial score (nSPS) is 18.0. The predicted octanol–water partition coefficient (Wildman–Crippen LogP) is 4.18. The summed E-state index contributed by atoms with van der Waals surface area (Å²) in [6.45, 7) is 0.649. The molecule has 0 saturated heterocycles. The lowest BCUT2D eigenvalue weighted by Gasteiger charge is -2.28. The number of amides is 2. The highest BCUT2D eigenvalue weighted by molar-refractivity contribution is 6.03. The molecule has 1 atom stereocenters. The molecule has 1 fully saturated rings. The summed E-state index contributed by atoms with van der Waals surface area (Å²) >= 11 is 0. The van der Waals surface area contributed by atoms with Gasteiger partial charge in [0.05, 0.1) is 25.5 Å². The molecule has 0 unspecified atom stereocenters. The number of carbonyl (C=O) groups excluding carboxylic acids is 2. The Morgan fingerprint density at radius 1 is 1.06 bits per heavy atom. The largest absolute Gasteiger partial charge is 0.497 e. The van der Waals surface area contributed by atoms with E-state index in [-0.39, 0.29) is 36.1 Å². The van der Waals surface area contributed by atoms with Crippen molar-refractivity contribution in [2.45, 2.75) is 38.1 Å². The lowest BCUT2D eigenvalue weighted by Crippen LogP contribution is -2.44. The van der Waals surface area contributed by atoms with Crippen molar-refractivity contribution in [3.05, 3.63) is 65.5 Å². The maximum Gasteiger partial charge on any atom is 0.262 e. The molecule has 1 aliphatic heterocycles. The lowest BCUT2D eigenvalue weighted by atomic mass is 9.98. The minimum absolute atomic E-state index is 0.0100. The van der Waals surface area contributed by atoms with Crippen molar-refractivity contribution in [2.75, 3.05) is 33.9 Å². The third kappa shape index (κ3) is 5.88. The summed E-state index contributed by atoms with van der Waals surface area (Å²) in [6, 6.07) is 13.3. The maximum atomic E-state index is 13.6. The van der Waals surface area contributed by atoms with Crippen LogP contribution in [0.1, 0.15) is 49.3 Å². The predicted molar refractivity (Wildman–Crippen MR) is 131 cm³/mol. The van der Waals surface area contributed by atoms with E-state index >= 15 is 0 Å². The zero-order valence-electron chi connectivity index (χ0n) is 20.3. The average Bonchev–Trinajstić information content (AvgIpc) is 3.57. The molecular formula is C27H32FN3O4. The van der Waals surface area contributed by atoms with Gasteiger partial charge in [0.1, 0.15) is 18.1 Å². The molecule has 4 rings (SSSR count). The Bertz CT molecular complexity index is 1050. The second kappa shape index (κ2) is 11.4. The fraction of sp³-hybridized carbons (Fsp3) is 0.444. The minimum atomic E-state index is -0.334. The number of benzene rings is 2. The first-order valence-electron chi connectivity index (χ1n) is 12.1. The number of hydrazone groups is 1. The summed E-state index contributed by atoms with van der Waals surface area (Å²) < 4.78 is 23.9. The van der Waals surface area contributed by atoms with E-state index in [0.29, 0.717) is 25.3 Å². The first-order chi connectivity index (χ1) is 17.0. The Morgan fingerprint density at radius 2 is 1.74 bits per heavy atom. The van der Waals surface area contributed by atoms with Crippen LogP contribution in [0.5, 0.6) is 5.75 Å². The molecule has 2 amide bonds. The van der Waals surface area contributed by atoms with Gasteiger partial charge in [0.15, 0.2) is 0 Å². The number of carbonyl (C=O) groups is 2. The van der Waals surface area contributed by atoms with E-state index in [1.807, 2.05) is 24.3 Å². The molecule has 1 heterocycles. The molecule has 2 aromatic rings. The van der Waals surface area contributed by atoms with Crippen LogP contribution in [0.25, 0.3) is 0 Å². The first-order valence-corrected chi connectivity index (χ1v) is 12.1. The van der Waals surface area contributed by atoms with Gasteiger partial charge in [-0.2, -0.15) is 5.10 Å². The Kier molecular flexibility index (Phi) is 8.13. The van der Waals surface area contributed by atoms with E-state index in [4.69, 9.17) is 9.47 Å². The van der Waals surface area contributed by atoms with Crippen molar-refractivity contribution in [3.63, 3.8) is 0 Å². The molecule has 0 radical (unpaired) electrons. The van der Waals surface area contributed by atoms with Gasteiger partial charge in [-0.25, -0.2) is 9.40 Å². The summed E-state index contributed by atoms with van der Waals surface area (Å²) in [5.74, 6) is 0.110. The van der Waals surface area contributed by atoms with Crippen LogP contribution in [0.2, 0.25) is 0 Å². The smallest absolute Gasteiger partial charge is 0.262 e. The van der Waals surface area contributed by atoms with Crippen LogP contribution >= 0.6 is 0 Å². The topological polar surface area (TPSA) is 71.4 Å². The molecule has 186 valence electrons. The zero-order valence-corrected chi connectivity index (χ0v) is 20.3. The van der Waals surface area contributed by atoms with Crippen molar-refractivity contribution in [3.8, 4) is 5.75 Å². The van der Waals surface area contributed by atoms with E-state index in [1.165, 1.54) is 17.1 Å². The highest BCUT2D eigenvalue weighted by atomic mass is 19.1. The molecule has 1 saturated carbocycles. The maximum absolute atomic E-state index is 13.6. The van der Waals surface area contributed by atoms with Crippen molar-refractivity contribution in [1.82, 2.24) is 9.91 Å². The lowest BCUT2D eigenvalue weighted by molar-refractivity contribution is -0.144. The van der Waals surface area contributed by atoms with Gasteiger partial charge in [-0.1, -0.05) is 37.1 Å². The first kappa shape index (κ1) is 24.9. The number of hydrogen-bond donors (Lipinski definition) is 0. The van der Waals surface area contributed by atoms with Gasteiger partial charge < -0.3 is 14.4 Å². The van der Waals surface area contributed by atoms with Gasteiger partial charge >= 0.3 is 0 Å². The number of rotatable bonds is 9. The average molecular weight is 482 g/mol. The molecule has 35 heavy (non-hydrogen) atoms. The molecule has 1 aliphatic carbocycles. The summed E-state index contributed by atoms with van der Waals surface area (Å²) in [5.41, 5.74) is 2.37. The Labute approximate surface area is 205 Å². The summed E-state index contributed by atoms with van der Waals surface area (Å²) in [4.78, 5) is 28.3. The van der Waals surface area contributed by atoms with E-state index in [9.17, 15) is 14.0 Å². The van der Waals surface area contributed by atoms with Crippen molar-refractivity contribution >= 4 is 17.5 Å². The minimum Gasteiger partial charge on any atom is -0.497 e. The van der Waals surface area contributed by atoms with E-state index in [2.05, 4.69) is 5.10 Å². The molecule has 0 spiro atoms. The standard InChI is InChI=1S/C27H32FN3O4/c1-34-16-15-30(27(33)21-5-3-4-6-21)18-26(32)31-25(20-9-13-23(35-2)14-10-20)17-24(29-31)19-7-11-22(28)12-8-19/h7-14,21,25H,3-6,15-18H2,1-2H3/t25-/m0/s1. The Balaban J connectivity index is 1.59. The Hall–Kier alpha value is -3.26. The number of methoxy groups -OCH3 is 2. The summed E-state index contributed by atoms with van der Waals surface area (Å²) in [5, 5.41) is 6.13. The van der Waals surface area contributed by atoms with Crippen molar-refractivity contribution in [2.24, 2.45) is 11.0 Å². The van der Waals surface area contributed by atoms with Gasteiger partial charge in [-0.3, -0.25) is 9.59 Å². The van der Waals surface area contributed by atoms with Crippen LogP contribution in [0, 0.1) is 11.7 Å². The molecule has 0 bridgehead atoms. The second-order valence-corrected chi connectivity index (χ2v) is 9.02. The van der Waals surface area contributed by atoms with Crippen molar-refractivity contribution in [1.29, 1.82) is 0 Å². The second-order valence-electron chi connectivity index (χ2n) is 9.02. The van der Waals surface area contributed by atoms with Crippen LogP contribution < -0.4 is 4.74 Å². The summed E-state index contributed by atoms with van der Waals surface area (Å²) in [7, 11) is 3.19. The molecule has 7 nitrogen and oxygen atoms in total. The Morgan fingerprint density at radius 3 is 2.37 bits per heavy atom. The molecule has 0 aromatic heterocycles. The van der Waals surface area contributed by atoms with Gasteiger partial charge in [0, 0.05) is 26.0 Å². The van der Waals surface area contributed by atoms with Crippen molar-refractivity contribution < 1.29 is 23.5 Å². The number of nitrogens with zero attached hydrogens (tertiary/aromatic N) is 3. The fourth-order valence-electron chi connectivity index (χ4n) is 4.78. The highest BCUT2D eigenvalue weighted by Gasteiger charge is 2.35. The van der Waals surface area contributed by atoms with E-state index in [1.54, 1.807) is 31.3 Å². The zero-order chi connectivity index (χ0) is 24.8. The van der Waals surface area contributed by atoms with Gasteiger partial charge in [0.25, 0.3) is 5.91 Å². The molecule has 2 aromatic carbocycles.